The third-order valence-corrected chi connectivity index (χ3v) is 3.30. The number of ether oxygens (including phenoxy) is 1. The summed E-state index contributed by atoms with van der Waals surface area (Å²) >= 11 is 6.24. The zero-order valence-electron chi connectivity index (χ0n) is 10.9. The van der Waals surface area contributed by atoms with Gasteiger partial charge < -0.3 is 4.74 Å². The Morgan fingerprint density at radius 3 is 2.58 bits per heavy atom. The minimum Gasteiger partial charge on any atom is -0.487 e. The lowest BCUT2D eigenvalue weighted by molar-refractivity contribution is 0.295. The highest BCUT2D eigenvalue weighted by molar-refractivity contribution is 6.31. The molecule has 0 radical (unpaired) electrons. The summed E-state index contributed by atoms with van der Waals surface area (Å²) < 4.78 is 7.40. The molecule has 0 aliphatic carbocycles. The Hall–Kier alpha value is -1.99. The van der Waals surface area contributed by atoms with Gasteiger partial charge in [0, 0.05) is 7.05 Å². The molecule has 0 aliphatic heterocycles. The van der Waals surface area contributed by atoms with E-state index in [9.17, 15) is 0 Å². The third kappa shape index (κ3) is 2.88. The molecule has 2 aromatic rings. The maximum Gasteiger partial charge on any atom is 0.131 e. The summed E-state index contributed by atoms with van der Waals surface area (Å²) in [6.07, 6.45) is 0.795. The zero-order valence-corrected chi connectivity index (χ0v) is 11.6. The summed E-state index contributed by atoms with van der Waals surface area (Å²) in [5, 5.41) is 13.7. The molecule has 0 atom stereocenters. The minimum atomic E-state index is 0.355. The molecule has 0 saturated carbocycles. The zero-order chi connectivity index (χ0) is 13.8. The monoisotopic (exact) mass is 275 g/mol. The van der Waals surface area contributed by atoms with Crippen LogP contribution in [0, 0.1) is 11.3 Å². The van der Waals surface area contributed by atoms with Crippen LogP contribution in [-0.4, -0.2) is 9.78 Å². The normalized spacial score (nSPS) is 10.2. The van der Waals surface area contributed by atoms with Crippen molar-refractivity contribution in [2.24, 2.45) is 7.05 Å². The van der Waals surface area contributed by atoms with Crippen molar-refractivity contribution in [3.63, 3.8) is 0 Å². The van der Waals surface area contributed by atoms with Crippen LogP contribution in [0.4, 0.5) is 0 Å². The quantitative estimate of drug-likeness (QED) is 0.861. The summed E-state index contributed by atoms with van der Waals surface area (Å²) in [5.41, 5.74) is 2.34. The first-order valence-electron chi connectivity index (χ1n) is 5.99. The Kier molecular flexibility index (Phi) is 4.08. The van der Waals surface area contributed by atoms with Crippen molar-refractivity contribution in [1.29, 1.82) is 5.26 Å². The van der Waals surface area contributed by atoms with Crippen molar-refractivity contribution < 1.29 is 4.74 Å². The van der Waals surface area contributed by atoms with Gasteiger partial charge in [0.25, 0.3) is 0 Å². The van der Waals surface area contributed by atoms with Gasteiger partial charge in [-0.3, -0.25) is 4.68 Å². The molecule has 2 rings (SSSR count). The summed E-state index contributed by atoms with van der Waals surface area (Å²) in [4.78, 5) is 0. The van der Waals surface area contributed by atoms with Gasteiger partial charge in [-0.25, -0.2) is 0 Å². The van der Waals surface area contributed by atoms with Gasteiger partial charge in [0.15, 0.2) is 0 Å². The fourth-order valence-corrected chi connectivity index (χ4v) is 2.10. The molecule has 0 fully saturated rings. The highest BCUT2D eigenvalue weighted by Gasteiger charge is 2.13. The van der Waals surface area contributed by atoms with Gasteiger partial charge in [-0.05, 0) is 30.7 Å². The minimum absolute atomic E-state index is 0.355. The predicted molar refractivity (Wildman–Crippen MR) is 73.1 cm³/mol. The number of nitriles is 1. The molecule has 1 aromatic heterocycles. The molecule has 1 heterocycles. The van der Waals surface area contributed by atoms with E-state index in [0.29, 0.717) is 22.9 Å². The smallest absolute Gasteiger partial charge is 0.131 e. The van der Waals surface area contributed by atoms with E-state index < -0.39 is 0 Å². The van der Waals surface area contributed by atoms with Crippen LogP contribution in [0.15, 0.2) is 24.3 Å². The van der Waals surface area contributed by atoms with E-state index in [-0.39, 0.29) is 0 Å². The number of nitrogens with zero attached hydrogens (tertiary/aromatic N) is 3. The van der Waals surface area contributed by atoms with Crippen LogP contribution in [-0.2, 0) is 20.1 Å². The van der Waals surface area contributed by atoms with Crippen molar-refractivity contribution in [1.82, 2.24) is 9.78 Å². The van der Waals surface area contributed by atoms with Gasteiger partial charge in [0.1, 0.15) is 12.4 Å². The predicted octanol–water partition coefficient (Wildman–Crippen LogP) is 3.09. The van der Waals surface area contributed by atoms with Gasteiger partial charge in [-0.1, -0.05) is 18.5 Å². The van der Waals surface area contributed by atoms with Crippen molar-refractivity contribution in [3.05, 3.63) is 46.2 Å². The maximum absolute atomic E-state index is 8.72. The number of rotatable bonds is 4. The van der Waals surface area contributed by atoms with Crippen LogP contribution in [0.3, 0.4) is 0 Å². The summed E-state index contributed by atoms with van der Waals surface area (Å²) in [6, 6.07) is 9.04. The van der Waals surface area contributed by atoms with Gasteiger partial charge >= 0.3 is 0 Å². The Labute approximate surface area is 117 Å². The molecule has 4 nitrogen and oxygen atoms in total. The van der Waals surface area contributed by atoms with Gasteiger partial charge in [-0.15, -0.1) is 0 Å². The summed E-state index contributed by atoms with van der Waals surface area (Å²) in [7, 11) is 1.85. The Bertz CT molecular complexity index is 611. The lowest BCUT2D eigenvalue weighted by Crippen LogP contribution is -2.03. The second-order valence-corrected chi connectivity index (χ2v) is 4.49. The molecule has 5 heteroatoms. The maximum atomic E-state index is 8.72. The number of aryl methyl sites for hydroxylation is 2. The van der Waals surface area contributed by atoms with E-state index in [1.165, 1.54) is 0 Å². The number of aromatic nitrogens is 2. The van der Waals surface area contributed by atoms with Crippen molar-refractivity contribution in [3.8, 4) is 11.8 Å². The van der Waals surface area contributed by atoms with Crippen LogP contribution in [0.1, 0.15) is 23.9 Å². The topological polar surface area (TPSA) is 50.8 Å². The lowest BCUT2D eigenvalue weighted by atomic mass is 10.2. The van der Waals surface area contributed by atoms with Crippen molar-refractivity contribution in [2.45, 2.75) is 20.0 Å². The first kappa shape index (κ1) is 13.4. The number of halogens is 1. The number of benzene rings is 1. The fraction of sp³-hybridized carbons (Fsp3) is 0.286. The molecule has 98 valence electrons. The van der Waals surface area contributed by atoms with Crippen LogP contribution >= 0.6 is 11.6 Å². The highest BCUT2D eigenvalue weighted by atomic mass is 35.5. The Morgan fingerprint density at radius 2 is 2.05 bits per heavy atom. The lowest BCUT2D eigenvalue weighted by Gasteiger charge is -2.06. The van der Waals surface area contributed by atoms with Crippen molar-refractivity contribution >= 4 is 11.6 Å². The van der Waals surface area contributed by atoms with E-state index in [1.807, 2.05) is 14.0 Å². The SMILES string of the molecule is CCc1nn(C)c(COc2ccc(C#N)cc2)c1Cl. The van der Waals surface area contributed by atoms with E-state index in [4.69, 9.17) is 21.6 Å². The largest absolute Gasteiger partial charge is 0.487 e. The average Bonchev–Trinajstić information content (AvgIpc) is 2.72. The van der Waals surface area contributed by atoms with E-state index in [1.54, 1.807) is 28.9 Å². The second-order valence-electron chi connectivity index (χ2n) is 4.11. The Morgan fingerprint density at radius 1 is 1.37 bits per heavy atom. The van der Waals surface area contributed by atoms with Crippen LogP contribution in [0.5, 0.6) is 5.75 Å². The molecular weight excluding hydrogens is 262 g/mol. The van der Waals surface area contributed by atoms with Gasteiger partial charge in [0.05, 0.1) is 28.0 Å². The molecule has 0 spiro atoms. The highest BCUT2D eigenvalue weighted by Crippen LogP contribution is 2.22. The summed E-state index contributed by atoms with van der Waals surface area (Å²) in [6.45, 7) is 2.37. The standard InChI is InChI=1S/C14H14ClN3O/c1-3-12-14(15)13(18(2)17-12)9-19-11-6-4-10(8-16)5-7-11/h4-7H,3,9H2,1-2H3. The van der Waals surface area contributed by atoms with Crippen LogP contribution in [0.2, 0.25) is 5.02 Å². The molecule has 0 aliphatic rings. The molecular formula is C14H14ClN3O. The van der Waals surface area contributed by atoms with E-state index >= 15 is 0 Å². The van der Waals surface area contributed by atoms with Gasteiger partial charge in [0.2, 0.25) is 0 Å². The third-order valence-electron chi connectivity index (χ3n) is 2.86. The first-order valence-corrected chi connectivity index (χ1v) is 6.36. The van der Waals surface area contributed by atoms with Gasteiger partial charge in [-0.2, -0.15) is 10.4 Å². The molecule has 0 amide bonds. The molecule has 1 aromatic carbocycles. The molecule has 0 saturated heterocycles. The molecule has 0 bridgehead atoms. The number of hydrogen-bond acceptors (Lipinski definition) is 3. The summed E-state index contributed by atoms with van der Waals surface area (Å²) in [5.74, 6) is 0.703. The second kappa shape index (κ2) is 5.77. The van der Waals surface area contributed by atoms with E-state index in [2.05, 4.69) is 11.2 Å². The Balaban J connectivity index is 2.10. The molecule has 19 heavy (non-hydrogen) atoms. The van der Waals surface area contributed by atoms with Crippen LogP contribution in [0.25, 0.3) is 0 Å². The molecule has 0 unspecified atom stereocenters. The average molecular weight is 276 g/mol. The molecule has 0 N–H and O–H groups in total. The van der Waals surface area contributed by atoms with E-state index in [0.717, 1.165) is 17.8 Å². The first-order chi connectivity index (χ1) is 9.15. The van der Waals surface area contributed by atoms with Crippen molar-refractivity contribution in [2.75, 3.05) is 0 Å². The van der Waals surface area contributed by atoms with Crippen LogP contribution < -0.4 is 4.74 Å². The fourth-order valence-electron chi connectivity index (χ4n) is 1.75. The number of hydrogen-bond donors (Lipinski definition) is 0.